The first-order chi connectivity index (χ1) is 14.3. The highest BCUT2D eigenvalue weighted by atomic mass is 15.3. The molecule has 0 amide bonds. The molecule has 29 heavy (non-hydrogen) atoms. The first kappa shape index (κ1) is 17.4. The molecule has 0 spiro atoms. The van der Waals surface area contributed by atoms with Crippen LogP contribution in [0.15, 0.2) is 73.2 Å². The van der Waals surface area contributed by atoms with E-state index in [0.29, 0.717) is 0 Å². The smallest absolute Gasteiger partial charge is 0.147 e. The number of nitrogens with two attached hydrogens (primary N) is 1. The van der Waals surface area contributed by atoms with Gasteiger partial charge in [0.15, 0.2) is 0 Å². The summed E-state index contributed by atoms with van der Waals surface area (Å²) in [6.07, 6.45) is 5.57. The van der Waals surface area contributed by atoms with Crippen molar-refractivity contribution < 1.29 is 0 Å². The molecule has 5 rings (SSSR count). The number of hydrogen-bond donors (Lipinski definition) is 1. The Morgan fingerprint density at radius 1 is 0.724 bits per heavy atom. The minimum atomic E-state index is 0.766. The molecule has 3 heterocycles. The predicted molar refractivity (Wildman–Crippen MR) is 118 cm³/mol. The Bertz CT molecular complexity index is 1120. The van der Waals surface area contributed by atoms with Crippen molar-refractivity contribution in [1.82, 2.24) is 15.0 Å². The average molecular weight is 382 g/mol. The van der Waals surface area contributed by atoms with Crippen molar-refractivity contribution in [3.05, 3.63) is 73.2 Å². The number of rotatable bonds is 3. The molecule has 144 valence electrons. The van der Waals surface area contributed by atoms with Crippen LogP contribution in [-0.2, 0) is 0 Å². The van der Waals surface area contributed by atoms with E-state index in [0.717, 1.165) is 59.8 Å². The molecule has 1 aliphatic heterocycles. The van der Waals surface area contributed by atoms with Crippen LogP contribution in [0.4, 0.5) is 17.2 Å². The summed E-state index contributed by atoms with van der Waals surface area (Å²) in [5.41, 5.74) is 11.9. The Labute approximate surface area is 169 Å². The van der Waals surface area contributed by atoms with E-state index in [2.05, 4.69) is 44.0 Å². The second kappa shape index (κ2) is 7.39. The monoisotopic (exact) mass is 382 g/mol. The van der Waals surface area contributed by atoms with Gasteiger partial charge in [-0.1, -0.05) is 18.2 Å². The van der Waals surface area contributed by atoms with E-state index >= 15 is 0 Å². The Morgan fingerprint density at radius 2 is 1.41 bits per heavy atom. The van der Waals surface area contributed by atoms with E-state index in [-0.39, 0.29) is 0 Å². The summed E-state index contributed by atoms with van der Waals surface area (Å²) >= 11 is 0. The van der Waals surface area contributed by atoms with Gasteiger partial charge in [0.05, 0.1) is 17.2 Å². The van der Waals surface area contributed by atoms with E-state index < -0.39 is 0 Å². The fourth-order valence-electron chi connectivity index (χ4n) is 3.76. The number of pyridine rings is 1. The molecular formula is C23H22N6. The first-order valence-electron chi connectivity index (χ1n) is 9.79. The maximum absolute atomic E-state index is 5.81. The van der Waals surface area contributed by atoms with Crippen molar-refractivity contribution in [3.63, 3.8) is 0 Å². The van der Waals surface area contributed by atoms with Crippen LogP contribution in [-0.4, -0.2) is 41.1 Å². The lowest BCUT2D eigenvalue weighted by Gasteiger charge is -2.36. The lowest BCUT2D eigenvalue weighted by Crippen LogP contribution is -2.46. The Balaban J connectivity index is 1.37. The largest absolute Gasteiger partial charge is 0.399 e. The van der Waals surface area contributed by atoms with Crippen molar-refractivity contribution in [2.75, 3.05) is 41.7 Å². The van der Waals surface area contributed by atoms with Gasteiger partial charge in [-0.3, -0.25) is 9.97 Å². The van der Waals surface area contributed by atoms with Gasteiger partial charge in [0.2, 0.25) is 0 Å². The summed E-state index contributed by atoms with van der Waals surface area (Å²) in [6, 6.07) is 18.2. The van der Waals surface area contributed by atoms with Gasteiger partial charge in [0, 0.05) is 49.9 Å². The van der Waals surface area contributed by atoms with Crippen LogP contribution in [0, 0.1) is 0 Å². The van der Waals surface area contributed by atoms with E-state index in [9.17, 15) is 0 Å². The lowest BCUT2D eigenvalue weighted by atomic mass is 10.0. The first-order valence-corrected chi connectivity index (χ1v) is 9.79. The quantitative estimate of drug-likeness (QED) is 0.546. The zero-order valence-corrected chi connectivity index (χ0v) is 16.1. The second-order valence-corrected chi connectivity index (χ2v) is 7.23. The zero-order valence-electron chi connectivity index (χ0n) is 16.1. The van der Waals surface area contributed by atoms with Gasteiger partial charge < -0.3 is 15.5 Å². The predicted octanol–water partition coefficient (Wildman–Crippen LogP) is 3.60. The molecule has 1 fully saturated rings. The standard InChI is InChI=1S/C23H22N6/c24-19-4-1-17(2-5-19)18-3-6-21-22(15-18)27-23(16-26-21)29-13-11-28(12-14-29)20-7-9-25-10-8-20/h1-10,15-16H,11-14,24H2. The van der Waals surface area contributed by atoms with E-state index in [1.165, 1.54) is 5.69 Å². The van der Waals surface area contributed by atoms with E-state index in [4.69, 9.17) is 10.7 Å². The molecule has 0 radical (unpaired) electrons. The average Bonchev–Trinajstić information content (AvgIpc) is 2.79. The van der Waals surface area contributed by atoms with Crippen LogP contribution >= 0.6 is 0 Å². The fraction of sp³-hybridized carbons (Fsp3) is 0.174. The Morgan fingerprint density at radius 3 is 2.17 bits per heavy atom. The number of nitrogens with zero attached hydrogens (tertiary/aromatic N) is 5. The highest BCUT2D eigenvalue weighted by Crippen LogP contribution is 2.25. The molecule has 2 aromatic heterocycles. The Kier molecular flexibility index (Phi) is 4.44. The fourth-order valence-corrected chi connectivity index (χ4v) is 3.76. The minimum Gasteiger partial charge on any atom is -0.399 e. The van der Waals surface area contributed by atoms with Crippen molar-refractivity contribution in [3.8, 4) is 11.1 Å². The summed E-state index contributed by atoms with van der Waals surface area (Å²) < 4.78 is 0. The summed E-state index contributed by atoms with van der Waals surface area (Å²) in [6.45, 7) is 3.74. The number of benzene rings is 2. The van der Waals surface area contributed by atoms with Gasteiger partial charge in [0.25, 0.3) is 0 Å². The van der Waals surface area contributed by atoms with E-state index in [1.807, 2.05) is 48.9 Å². The van der Waals surface area contributed by atoms with E-state index in [1.54, 1.807) is 0 Å². The molecule has 2 aromatic carbocycles. The van der Waals surface area contributed by atoms with Gasteiger partial charge in [-0.2, -0.15) is 0 Å². The molecule has 4 aromatic rings. The molecule has 0 bridgehead atoms. The van der Waals surface area contributed by atoms with Crippen LogP contribution in [0.2, 0.25) is 0 Å². The second-order valence-electron chi connectivity index (χ2n) is 7.23. The summed E-state index contributed by atoms with van der Waals surface area (Å²) in [7, 11) is 0. The molecule has 2 N–H and O–H groups in total. The molecule has 6 nitrogen and oxygen atoms in total. The van der Waals surface area contributed by atoms with Gasteiger partial charge in [-0.25, -0.2) is 4.98 Å². The number of anilines is 3. The van der Waals surface area contributed by atoms with Gasteiger partial charge in [0.1, 0.15) is 5.82 Å². The van der Waals surface area contributed by atoms with Gasteiger partial charge in [-0.15, -0.1) is 0 Å². The maximum atomic E-state index is 5.81. The normalized spacial score (nSPS) is 14.3. The van der Waals surface area contributed by atoms with Gasteiger partial charge >= 0.3 is 0 Å². The minimum absolute atomic E-state index is 0.766. The van der Waals surface area contributed by atoms with Crippen molar-refractivity contribution in [2.24, 2.45) is 0 Å². The van der Waals surface area contributed by atoms with Crippen molar-refractivity contribution in [2.45, 2.75) is 0 Å². The number of aromatic nitrogens is 3. The molecule has 1 saturated heterocycles. The topological polar surface area (TPSA) is 71.2 Å². The molecule has 0 atom stereocenters. The summed E-state index contributed by atoms with van der Waals surface area (Å²) in [4.78, 5) is 18.3. The molecule has 1 aliphatic rings. The highest BCUT2D eigenvalue weighted by Gasteiger charge is 2.19. The third-order valence-corrected chi connectivity index (χ3v) is 5.41. The molecule has 0 aliphatic carbocycles. The van der Waals surface area contributed by atoms with Crippen LogP contribution in [0.5, 0.6) is 0 Å². The van der Waals surface area contributed by atoms with Crippen LogP contribution < -0.4 is 15.5 Å². The zero-order chi connectivity index (χ0) is 19.6. The third kappa shape index (κ3) is 3.57. The van der Waals surface area contributed by atoms with Crippen LogP contribution in [0.25, 0.3) is 22.2 Å². The molecular weight excluding hydrogens is 360 g/mol. The number of hydrogen-bond acceptors (Lipinski definition) is 6. The molecule has 6 heteroatoms. The van der Waals surface area contributed by atoms with Crippen LogP contribution in [0.3, 0.4) is 0 Å². The maximum Gasteiger partial charge on any atom is 0.147 e. The number of piperazine rings is 1. The molecule has 0 unspecified atom stereocenters. The number of nitrogen functional groups attached to an aromatic ring is 1. The van der Waals surface area contributed by atoms with Crippen LogP contribution in [0.1, 0.15) is 0 Å². The summed E-state index contributed by atoms with van der Waals surface area (Å²) in [5.74, 6) is 0.932. The van der Waals surface area contributed by atoms with Gasteiger partial charge in [-0.05, 0) is 47.5 Å². The summed E-state index contributed by atoms with van der Waals surface area (Å²) in [5, 5.41) is 0. The van der Waals surface area contributed by atoms with Crippen molar-refractivity contribution in [1.29, 1.82) is 0 Å². The van der Waals surface area contributed by atoms with Crippen molar-refractivity contribution >= 4 is 28.2 Å². The molecule has 0 saturated carbocycles. The number of fused-ring (bicyclic) bond motifs is 1. The highest BCUT2D eigenvalue weighted by molar-refractivity contribution is 5.82. The third-order valence-electron chi connectivity index (χ3n) is 5.41. The Hall–Kier alpha value is -3.67. The SMILES string of the molecule is Nc1ccc(-c2ccc3ncc(N4CCN(c5ccncc5)CC4)nc3c2)cc1. The lowest BCUT2D eigenvalue weighted by molar-refractivity contribution is 0.647.